The minimum Gasteiger partial charge on any atom is -0.463 e. The number of hydrogen-bond donors (Lipinski definition) is 1. The van der Waals surface area contributed by atoms with Crippen molar-refractivity contribution in [1.29, 1.82) is 0 Å². The molecule has 1 aliphatic heterocycles. The molecule has 6 atom stereocenters. The van der Waals surface area contributed by atoms with E-state index < -0.39 is 59.6 Å². The van der Waals surface area contributed by atoms with Crippen LogP contribution in [0.5, 0.6) is 0 Å². The van der Waals surface area contributed by atoms with Crippen molar-refractivity contribution in [3.8, 4) is 0 Å². The first-order valence-corrected chi connectivity index (χ1v) is 9.81. The number of ketones is 1. The summed E-state index contributed by atoms with van der Waals surface area (Å²) in [7, 11) is 4.09. The highest BCUT2D eigenvalue weighted by molar-refractivity contribution is 5.92. The monoisotopic (exact) mass is 450 g/mol. The Morgan fingerprint density at radius 1 is 1.06 bits per heavy atom. The number of esters is 2. The van der Waals surface area contributed by atoms with Crippen LogP contribution >= 0.6 is 0 Å². The second-order valence-corrected chi connectivity index (χ2v) is 7.83. The molecule has 0 amide bonds. The lowest BCUT2D eigenvalue weighted by Gasteiger charge is -2.35. The van der Waals surface area contributed by atoms with E-state index in [4.69, 9.17) is 33.2 Å². The Morgan fingerprint density at radius 2 is 1.68 bits per heavy atom. The Labute approximate surface area is 182 Å². The number of methoxy groups -OCH3 is 3. The minimum atomic E-state index is -1.55. The maximum Gasteiger partial charge on any atom is 0.335 e. The van der Waals surface area contributed by atoms with Crippen molar-refractivity contribution >= 4 is 17.7 Å². The Kier molecular flexibility index (Phi) is 9.99. The van der Waals surface area contributed by atoms with Gasteiger partial charge in [-0.2, -0.15) is 0 Å². The molecule has 1 fully saturated rings. The van der Waals surface area contributed by atoms with E-state index >= 15 is 0 Å². The van der Waals surface area contributed by atoms with E-state index in [-0.39, 0.29) is 13.2 Å². The zero-order valence-electron chi connectivity index (χ0n) is 19.3. The van der Waals surface area contributed by atoms with Crippen LogP contribution in [0.1, 0.15) is 34.6 Å². The molecular weight excluding hydrogens is 416 g/mol. The molecule has 0 aromatic carbocycles. The molecule has 180 valence electrons. The van der Waals surface area contributed by atoms with Crippen LogP contribution in [0.2, 0.25) is 0 Å². The van der Waals surface area contributed by atoms with E-state index in [9.17, 15) is 19.5 Å². The summed E-state index contributed by atoms with van der Waals surface area (Å²) in [5.74, 6) is -1.80. The molecule has 0 spiro atoms. The van der Waals surface area contributed by atoms with Crippen LogP contribution in [-0.4, -0.2) is 99.3 Å². The van der Waals surface area contributed by atoms with Gasteiger partial charge in [-0.05, 0) is 27.7 Å². The van der Waals surface area contributed by atoms with Crippen molar-refractivity contribution in [2.24, 2.45) is 0 Å². The predicted octanol–water partition coefficient (Wildman–Crippen LogP) is -0.00220. The molecule has 31 heavy (non-hydrogen) atoms. The van der Waals surface area contributed by atoms with E-state index in [1.165, 1.54) is 55.9 Å². The number of Topliss-reactive ketones (excluding diaryl/α,β-unsaturated/α-hetero) is 1. The van der Waals surface area contributed by atoms with Crippen LogP contribution in [0.25, 0.3) is 0 Å². The number of ether oxygens (including phenoxy) is 7. The lowest BCUT2D eigenvalue weighted by Crippen LogP contribution is -2.54. The van der Waals surface area contributed by atoms with Gasteiger partial charge in [0.2, 0.25) is 5.78 Å². The number of rotatable bonds is 12. The molecule has 6 unspecified atom stereocenters. The number of aliphatic hydroxyl groups is 1. The van der Waals surface area contributed by atoms with Crippen molar-refractivity contribution in [2.45, 2.75) is 76.5 Å². The Bertz CT molecular complexity index is 635. The SMILES string of the molecule is COC(C)C(=O)OC(C)C(=O)C(C)(C)OCC1(COC(C)=O)OC(OC)C(OC)C1O. The zero-order chi connectivity index (χ0) is 24.0. The topological polar surface area (TPSA) is 136 Å². The highest BCUT2D eigenvalue weighted by Gasteiger charge is 2.57. The standard InChI is InChI=1S/C20H34O11/c1-11(30-17(24)12(2)25-6)15(22)19(4,5)29-10-20(9-28-13(3)21)16(23)14(26-7)18(27-8)31-20/h11-12,14,16,18,23H,9-10H2,1-8H3. The number of carbonyl (C=O) groups is 3. The fourth-order valence-corrected chi connectivity index (χ4v) is 3.03. The number of carbonyl (C=O) groups excluding carboxylic acids is 3. The van der Waals surface area contributed by atoms with Crippen LogP contribution in [0.4, 0.5) is 0 Å². The van der Waals surface area contributed by atoms with Gasteiger partial charge in [0.25, 0.3) is 0 Å². The third kappa shape index (κ3) is 6.67. The average molecular weight is 450 g/mol. The van der Waals surface area contributed by atoms with Crippen LogP contribution in [-0.2, 0) is 47.5 Å². The molecule has 1 aliphatic rings. The molecule has 1 N–H and O–H groups in total. The quantitative estimate of drug-likeness (QED) is 0.402. The molecule has 0 radical (unpaired) electrons. The van der Waals surface area contributed by atoms with Gasteiger partial charge in [0, 0.05) is 28.3 Å². The first-order chi connectivity index (χ1) is 14.3. The lowest BCUT2D eigenvalue weighted by atomic mass is 9.95. The van der Waals surface area contributed by atoms with Crippen LogP contribution < -0.4 is 0 Å². The van der Waals surface area contributed by atoms with E-state index in [2.05, 4.69) is 0 Å². The van der Waals surface area contributed by atoms with Gasteiger partial charge >= 0.3 is 11.9 Å². The molecule has 1 heterocycles. The largest absolute Gasteiger partial charge is 0.463 e. The molecule has 0 aromatic heterocycles. The first kappa shape index (κ1) is 27.4. The van der Waals surface area contributed by atoms with E-state index in [1.54, 1.807) is 0 Å². The maximum absolute atomic E-state index is 12.8. The third-order valence-corrected chi connectivity index (χ3v) is 5.11. The maximum atomic E-state index is 12.8. The van der Waals surface area contributed by atoms with Gasteiger partial charge < -0.3 is 38.3 Å². The van der Waals surface area contributed by atoms with E-state index in [0.29, 0.717) is 0 Å². The molecular formula is C20H34O11. The third-order valence-electron chi connectivity index (χ3n) is 5.11. The minimum absolute atomic E-state index is 0.338. The fraction of sp³-hybridized carbons (Fsp3) is 0.850. The molecule has 0 aromatic rings. The van der Waals surface area contributed by atoms with Crippen molar-refractivity contribution in [3.05, 3.63) is 0 Å². The summed E-state index contributed by atoms with van der Waals surface area (Å²) in [5, 5.41) is 10.8. The Morgan fingerprint density at radius 3 is 2.13 bits per heavy atom. The van der Waals surface area contributed by atoms with Gasteiger partial charge in [-0.3, -0.25) is 9.59 Å². The molecule has 1 saturated heterocycles. The highest BCUT2D eigenvalue weighted by Crippen LogP contribution is 2.35. The van der Waals surface area contributed by atoms with Gasteiger partial charge in [0.15, 0.2) is 24.1 Å². The van der Waals surface area contributed by atoms with Crippen LogP contribution in [0.3, 0.4) is 0 Å². The van der Waals surface area contributed by atoms with Gasteiger partial charge in [-0.15, -0.1) is 0 Å². The van der Waals surface area contributed by atoms with E-state index in [0.717, 1.165) is 0 Å². The summed E-state index contributed by atoms with van der Waals surface area (Å²) >= 11 is 0. The predicted molar refractivity (Wildman–Crippen MR) is 105 cm³/mol. The normalized spacial score (nSPS) is 28.1. The summed E-state index contributed by atoms with van der Waals surface area (Å²) < 4.78 is 37.1. The summed E-state index contributed by atoms with van der Waals surface area (Å²) in [5.41, 5.74) is -2.98. The smallest absolute Gasteiger partial charge is 0.335 e. The molecule has 0 saturated carbocycles. The van der Waals surface area contributed by atoms with Gasteiger partial charge in [-0.1, -0.05) is 0 Å². The van der Waals surface area contributed by atoms with Crippen molar-refractivity contribution in [3.63, 3.8) is 0 Å². The van der Waals surface area contributed by atoms with Crippen molar-refractivity contribution < 1.29 is 52.6 Å². The Balaban J connectivity index is 2.96. The first-order valence-electron chi connectivity index (χ1n) is 9.81. The second-order valence-electron chi connectivity index (χ2n) is 7.83. The summed E-state index contributed by atoms with van der Waals surface area (Å²) in [6, 6.07) is 0. The number of hydrogen-bond acceptors (Lipinski definition) is 11. The number of aliphatic hydroxyl groups excluding tert-OH is 1. The van der Waals surface area contributed by atoms with Crippen LogP contribution in [0.15, 0.2) is 0 Å². The molecule has 11 heteroatoms. The second kappa shape index (κ2) is 11.3. The van der Waals surface area contributed by atoms with Crippen molar-refractivity contribution in [1.82, 2.24) is 0 Å². The fourth-order valence-electron chi connectivity index (χ4n) is 3.03. The summed E-state index contributed by atoms with van der Waals surface area (Å²) in [4.78, 5) is 36.1. The summed E-state index contributed by atoms with van der Waals surface area (Å²) in [6.45, 7) is 6.41. The van der Waals surface area contributed by atoms with E-state index in [1.807, 2.05) is 0 Å². The van der Waals surface area contributed by atoms with Gasteiger partial charge in [0.1, 0.15) is 24.4 Å². The average Bonchev–Trinajstić information content (AvgIpc) is 3.00. The van der Waals surface area contributed by atoms with Gasteiger partial charge in [0.05, 0.1) is 6.61 Å². The molecule has 11 nitrogen and oxygen atoms in total. The summed E-state index contributed by atoms with van der Waals surface area (Å²) in [6.07, 6.45) is -5.06. The van der Waals surface area contributed by atoms with Crippen molar-refractivity contribution in [2.75, 3.05) is 34.5 Å². The molecule has 0 bridgehead atoms. The Hall–Kier alpha value is -1.63. The highest BCUT2D eigenvalue weighted by atomic mass is 16.7. The van der Waals surface area contributed by atoms with Crippen LogP contribution in [0, 0.1) is 0 Å². The lowest BCUT2D eigenvalue weighted by molar-refractivity contribution is -0.222. The van der Waals surface area contributed by atoms with Gasteiger partial charge in [-0.25, -0.2) is 4.79 Å². The molecule has 0 aliphatic carbocycles. The molecule has 1 rings (SSSR count). The zero-order valence-corrected chi connectivity index (χ0v) is 19.3.